The number of H-pyrrole nitrogens is 1. The Morgan fingerprint density at radius 3 is 2.54 bits per heavy atom. The van der Waals surface area contributed by atoms with Gasteiger partial charge in [-0.1, -0.05) is 54.6 Å². The summed E-state index contributed by atoms with van der Waals surface area (Å²) in [7, 11) is 0. The number of hydrogen-bond donors (Lipinski definition) is 1. The number of aromatic nitrogens is 1. The fourth-order valence-corrected chi connectivity index (χ4v) is 4.97. The van der Waals surface area contributed by atoms with Gasteiger partial charge in [0.2, 0.25) is 0 Å². The standard InChI is InChI=1S/C26H17NO/c1-2-6-17-15(5-1)9-10-16-11-14-22-25(23(16)17)19-12-13-21-24(26(19)28-22)18-7-3-4-8-20(18)27-21/h1-2,5-14,27H,3-4H2. The first kappa shape index (κ1) is 14.5. The Labute approximate surface area is 160 Å². The molecule has 0 atom stereocenters. The van der Waals surface area contributed by atoms with Crippen LogP contribution in [0.25, 0.3) is 66.5 Å². The van der Waals surface area contributed by atoms with Crippen LogP contribution in [0.1, 0.15) is 12.8 Å². The van der Waals surface area contributed by atoms with Crippen molar-refractivity contribution in [1.29, 1.82) is 0 Å². The van der Waals surface area contributed by atoms with Crippen molar-refractivity contribution in [2.45, 2.75) is 12.8 Å². The van der Waals surface area contributed by atoms with Gasteiger partial charge in [-0.25, -0.2) is 0 Å². The van der Waals surface area contributed by atoms with Gasteiger partial charge in [0.15, 0.2) is 0 Å². The molecule has 0 radical (unpaired) electrons. The van der Waals surface area contributed by atoms with Crippen molar-refractivity contribution >= 4 is 66.5 Å². The van der Waals surface area contributed by atoms with Crippen LogP contribution in [0.3, 0.4) is 0 Å². The second-order valence-corrected chi connectivity index (χ2v) is 7.73. The molecule has 0 fully saturated rings. The Kier molecular flexibility index (Phi) is 2.62. The molecule has 132 valence electrons. The van der Waals surface area contributed by atoms with E-state index in [4.69, 9.17) is 4.42 Å². The van der Waals surface area contributed by atoms with E-state index in [1.54, 1.807) is 0 Å². The minimum absolute atomic E-state index is 0.959. The first-order chi connectivity index (χ1) is 13.9. The predicted molar refractivity (Wildman–Crippen MR) is 118 cm³/mol. The highest BCUT2D eigenvalue weighted by Crippen LogP contribution is 2.39. The maximum absolute atomic E-state index is 6.49. The highest BCUT2D eigenvalue weighted by molar-refractivity contribution is 6.28. The van der Waals surface area contributed by atoms with Gasteiger partial charge in [0.05, 0.1) is 10.9 Å². The molecule has 0 saturated heterocycles. The van der Waals surface area contributed by atoms with Crippen LogP contribution in [0.4, 0.5) is 0 Å². The van der Waals surface area contributed by atoms with E-state index in [0.29, 0.717) is 0 Å². The van der Waals surface area contributed by atoms with Gasteiger partial charge >= 0.3 is 0 Å². The van der Waals surface area contributed by atoms with Crippen LogP contribution in [0.15, 0.2) is 65.1 Å². The maximum atomic E-state index is 6.49. The van der Waals surface area contributed by atoms with E-state index in [-0.39, 0.29) is 0 Å². The molecule has 0 bridgehead atoms. The van der Waals surface area contributed by atoms with E-state index in [0.717, 1.165) is 29.5 Å². The molecule has 6 aromatic rings. The summed E-state index contributed by atoms with van der Waals surface area (Å²) in [5.74, 6) is 0. The lowest BCUT2D eigenvalue weighted by atomic mass is 9.97. The molecule has 2 nitrogen and oxygen atoms in total. The molecule has 28 heavy (non-hydrogen) atoms. The molecule has 1 aliphatic rings. The fourth-order valence-electron chi connectivity index (χ4n) is 4.97. The Balaban J connectivity index is 1.80. The molecule has 2 heterocycles. The largest absolute Gasteiger partial charge is 0.455 e. The quantitative estimate of drug-likeness (QED) is 0.345. The first-order valence-electron chi connectivity index (χ1n) is 9.86. The van der Waals surface area contributed by atoms with Gasteiger partial charge in [-0.2, -0.15) is 0 Å². The van der Waals surface area contributed by atoms with Crippen molar-refractivity contribution in [1.82, 2.24) is 4.98 Å². The van der Waals surface area contributed by atoms with Crippen LogP contribution < -0.4 is 10.6 Å². The SMILES string of the molecule is C1=c2[nH]c3ccc4c(oc5ccc6ccc7ccccc7c6c54)c3c2=CCC1. The molecule has 2 aromatic heterocycles. The van der Waals surface area contributed by atoms with Crippen molar-refractivity contribution < 1.29 is 4.42 Å². The van der Waals surface area contributed by atoms with Crippen molar-refractivity contribution in [3.05, 3.63) is 71.2 Å². The van der Waals surface area contributed by atoms with Crippen LogP contribution in [0.5, 0.6) is 0 Å². The Morgan fingerprint density at radius 2 is 1.54 bits per heavy atom. The van der Waals surface area contributed by atoms with E-state index in [1.807, 2.05) is 0 Å². The van der Waals surface area contributed by atoms with Crippen LogP contribution in [0, 0.1) is 0 Å². The smallest absolute Gasteiger partial charge is 0.145 e. The average Bonchev–Trinajstić information content (AvgIpc) is 3.31. The number of furan rings is 1. The Hall–Kier alpha value is -3.52. The van der Waals surface area contributed by atoms with E-state index in [9.17, 15) is 0 Å². The van der Waals surface area contributed by atoms with E-state index in [2.05, 4.69) is 77.8 Å². The summed E-state index contributed by atoms with van der Waals surface area (Å²) in [4.78, 5) is 3.57. The summed E-state index contributed by atoms with van der Waals surface area (Å²) in [6, 6.07) is 21.8. The van der Waals surface area contributed by atoms with Gasteiger partial charge < -0.3 is 9.40 Å². The summed E-state index contributed by atoms with van der Waals surface area (Å²) in [6.07, 6.45) is 6.82. The Bertz CT molecular complexity index is 1710. The molecular weight excluding hydrogens is 342 g/mol. The van der Waals surface area contributed by atoms with Gasteiger partial charge in [-0.05, 0) is 47.2 Å². The lowest BCUT2D eigenvalue weighted by Gasteiger charge is -2.05. The van der Waals surface area contributed by atoms with Crippen molar-refractivity contribution in [2.24, 2.45) is 0 Å². The summed E-state index contributed by atoms with van der Waals surface area (Å²) < 4.78 is 6.49. The zero-order chi connectivity index (χ0) is 18.2. The number of nitrogens with one attached hydrogen (secondary N) is 1. The van der Waals surface area contributed by atoms with Crippen molar-refractivity contribution in [2.75, 3.05) is 0 Å². The monoisotopic (exact) mass is 359 g/mol. The Morgan fingerprint density at radius 1 is 0.679 bits per heavy atom. The van der Waals surface area contributed by atoms with Crippen molar-refractivity contribution in [3.8, 4) is 0 Å². The number of benzene rings is 4. The predicted octanol–water partition coefficient (Wildman–Crippen LogP) is 5.73. The zero-order valence-corrected chi connectivity index (χ0v) is 15.3. The molecule has 1 aliphatic carbocycles. The third-order valence-electron chi connectivity index (χ3n) is 6.20. The third kappa shape index (κ3) is 1.73. The summed E-state index contributed by atoms with van der Waals surface area (Å²) in [5, 5.41) is 11.2. The van der Waals surface area contributed by atoms with Gasteiger partial charge in [-0.15, -0.1) is 0 Å². The van der Waals surface area contributed by atoms with Crippen LogP contribution >= 0.6 is 0 Å². The second-order valence-electron chi connectivity index (χ2n) is 7.73. The van der Waals surface area contributed by atoms with E-state index < -0.39 is 0 Å². The summed E-state index contributed by atoms with van der Waals surface area (Å²) in [5.41, 5.74) is 3.11. The van der Waals surface area contributed by atoms with Gasteiger partial charge in [0.25, 0.3) is 0 Å². The summed E-state index contributed by atoms with van der Waals surface area (Å²) in [6.45, 7) is 0. The highest BCUT2D eigenvalue weighted by atomic mass is 16.3. The molecular formula is C26H17NO. The fraction of sp³-hybridized carbons (Fsp3) is 0.0769. The third-order valence-corrected chi connectivity index (χ3v) is 6.20. The average molecular weight is 359 g/mol. The minimum atomic E-state index is 0.959. The number of hydrogen-bond acceptors (Lipinski definition) is 1. The molecule has 0 saturated carbocycles. The molecule has 0 spiro atoms. The lowest BCUT2D eigenvalue weighted by Crippen LogP contribution is -2.24. The van der Waals surface area contributed by atoms with Gasteiger partial charge in [0, 0.05) is 26.7 Å². The molecule has 0 aliphatic heterocycles. The zero-order valence-electron chi connectivity index (χ0n) is 15.3. The minimum Gasteiger partial charge on any atom is -0.455 e. The topological polar surface area (TPSA) is 28.9 Å². The molecule has 2 heteroatoms. The highest BCUT2D eigenvalue weighted by Gasteiger charge is 2.16. The van der Waals surface area contributed by atoms with Crippen molar-refractivity contribution in [3.63, 3.8) is 0 Å². The van der Waals surface area contributed by atoms with Crippen LogP contribution in [-0.2, 0) is 0 Å². The molecule has 7 rings (SSSR count). The summed E-state index contributed by atoms with van der Waals surface area (Å²) >= 11 is 0. The first-order valence-corrected chi connectivity index (χ1v) is 9.86. The van der Waals surface area contributed by atoms with Gasteiger partial charge in [-0.3, -0.25) is 0 Å². The number of rotatable bonds is 0. The van der Waals surface area contributed by atoms with E-state index in [1.165, 1.54) is 48.3 Å². The van der Waals surface area contributed by atoms with Gasteiger partial charge in [0.1, 0.15) is 11.2 Å². The second kappa shape index (κ2) is 5.05. The van der Waals surface area contributed by atoms with Crippen LogP contribution in [0.2, 0.25) is 0 Å². The number of aromatic amines is 1. The lowest BCUT2D eigenvalue weighted by molar-refractivity contribution is 0.673. The molecule has 1 N–H and O–H groups in total. The molecule has 0 unspecified atom stereocenters. The molecule has 4 aromatic carbocycles. The normalized spacial score (nSPS) is 14.0. The van der Waals surface area contributed by atoms with Crippen LogP contribution in [-0.4, -0.2) is 4.98 Å². The maximum Gasteiger partial charge on any atom is 0.145 e. The number of fused-ring (bicyclic) bond motifs is 11. The molecule has 0 amide bonds. The van der Waals surface area contributed by atoms with E-state index >= 15 is 0 Å².